The van der Waals surface area contributed by atoms with E-state index in [0.717, 1.165) is 47.0 Å². The SMILES string of the molecule is CC1C2=C(C=CC1N1c3ccccc3N(C3C=CC=CC3)C3CCC=CC31)c1ccc(/C=C/c3ccc(-c4ccc5cc(N6c7ccccc7N(c7ccccc7)c7ccccc76)ccc5c4)c4ccccc34)cc1C21CCCC1. The zero-order chi connectivity index (χ0) is 52.9. The summed E-state index contributed by atoms with van der Waals surface area (Å²) in [7, 11) is 0. The van der Waals surface area contributed by atoms with Crippen LogP contribution in [-0.4, -0.2) is 24.2 Å². The van der Waals surface area contributed by atoms with Crippen molar-refractivity contribution in [1.82, 2.24) is 0 Å². The Balaban J connectivity index is 0.692. The Kier molecular flexibility index (Phi) is 11.2. The minimum atomic E-state index is 0.0734. The molecule has 2 heterocycles. The van der Waals surface area contributed by atoms with Crippen LogP contribution in [-0.2, 0) is 5.41 Å². The Morgan fingerprint density at radius 3 is 1.91 bits per heavy atom. The first kappa shape index (κ1) is 47.2. The number of fused-ring (bicyclic) bond motifs is 10. The van der Waals surface area contributed by atoms with Crippen molar-refractivity contribution in [2.24, 2.45) is 5.92 Å². The van der Waals surface area contributed by atoms with Crippen LogP contribution in [0.1, 0.15) is 74.1 Å². The first-order valence-electron chi connectivity index (χ1n) is 29.4. The van der Waals surface area contributed by atoms with Gasteiger partial charge >= 0.3 is 0 Å². The predicted octanol–water partition coefficient (Wildman–Crippen LogP) is 19.5. The van der Waals surface area contributed by atoms with Gasteiger partial charge in [-0.1, -0.05) is 208 Å². The monoisotopic (exact) mass is 1030 g/mol. The summed E-state index contributed by atoms with van der Waals surface area (Å²) in [5.41, 5.74) is 21.0. The molecule has 5 aliphatic carbocycles. The Bertz CT molecular complexity index is 4100. The molecule has 9 aromatic carbocycles. The first-order valence-corrected chi connectivity index (χ1v) is 29.4. The standard InChI is InChI=1S/C76H64N4/c1-51-66(80-73-32-16-14-30-71(73)78(58-22-6-3-7-23-58)72-31-15-17-33-74(72)80)45-44-64-63-42-35-52(48-65(63)76(75(51)64)46-18-19-47-76)34-36-53-40-43-61(62-25-9-8-24-60(53)62)56-38-37-55-50-59(41-39-54(55)49-56)79-69-28-12-10-26-67(69)77(57-20-4-2-5-21-57)68-27-11-13-29-70(68)79/h2-14,16-17,20-22,24-30,32-45,48-51,58,66,72,74H,15,18-19,23,31,46-47H2,1H3/b36-34+. The molecule has 16 rings (SSSR count). The van der Waals surface area contributed by atoms with Gasteiger partial charge in [-0.2, -0.15) is 0 Å². The highest BCUT2D eigenvalue weighted by Crippen LogP contribution is 2.61. The maximum absolute atomic E-state index is 2.85. The normalized spacial score (nSPS) is 22.0. The van der Waals surface area contributed by atoms with Crippen LogP contribution in [0.5, 0.6) is 0 Å². The van der Waals surface area contributed by atoms with E-state index < -0.39 is 0 Å². The van der Waals surface area contributed by atoms with Gasteiger partial charge in [0, 0.05) is 22.7 Å². The average molecular weight is 1030 g/mol. The summed E-state index contributed by atoms with van der Waals surface area (Å²) in [6.45, 7) is 2.57. The molecule has 0 bridgehead atoms. The minimum absolute atomic E-state index is 0.0734. The molecule has 0 saturated heterocycles. The van der Waals surface area contributed by atoms with Gasteiger partial charge in [0.2, 0.25) is 0 Å². The molecule has 4 heteroatoms. The highest BCUT2D eigenvalue weighted by Gasteiger charge is 2.52. The van der Waals surface area contributed by atoms with Crippen LogP contribution in [0, 0.1) is 5.92 Å². The third-order valence-corrected chi connectivity index (χ3v) is 19.2. The van der Waals surface area contributed by atoms with Gasteiger partial charge < -0.3 is 19.6 Å². The van der Waals surface area contributed by atoms with E-state index in [-0.39, 0.29) is 11.5 Å². The van der Waals surface area contributed by atoms with E-state index in [9.17, 15) is 0 Å². The lowest BCUT2D eigenvalue weighted by molar-refractivity contribution is 0.376. The summed E-state index contributed by atoms with van der Waals surface area (Å²) >= 11 is 0. The van der Waals surface area contributed by atoms with Crippen molar-refractivity contribution in [3.8, 4) is 11.1 Å². The lowest BCUT2D eigenvalue weighted by atomic mass is 9.68. The van der Waals surface area contributed by atoms with Crippen molar-refractivity contribution >= 4 is 84.8 Å². The van der Waals surface area contributed by atoms with Crippen LogP contribution in [0.4, 0.5) is 45.5 Å². The van der Waals surface area contributed by atoms with Gasteiger partial charge in [0.25, 0.3) is 0 Å². The van der Waals surface area contributed by atoms with Gasteiger partial charge in [-0.3, -0.25) is 0 Å². The molecule has 80 heavy (non-hydrogen) atoms. The van der Waals surface area contributed by atoms with Gasteiger partial charge in [-0.25, -0.2) is 0 Å². The first-order chi connectivity index (χ1) is 39.6. The van der Waals surface area contributed by atoms with E-state index in [1.165, 1.54) is 98.4 Å². The number of allylic oxidation sites excluding steroid dienone is 5. The van der Waals surface area contributed by atoms with Crippen LogP contribution in [0.2, 0.25) is 0 Å². The van der Waals surface area contributed by atoms with Gasteiger partial charge in [0.15, 0.2) is 0 Å². The molecular weight excluding hydrogens is 969 g/mol. The molecule has 0 aromatic heterocycles. The molecule has 0 radical (unpaired) electrons. The van der Waals surface area contributed by atoms with Crippen molar-refractivity contribution in [3.05, 3.63) is 271 Å². The van der Waals surface area contributed by atoms with Gasteiger partial charge in [0.1, 0.15) is 0 Å². The molecular formula is C76H64N4. The van der Waals surface area contributed by atoms with E-state index >= 15 is 0 Å². The molecule has 9 aromatic rings. The number of rotatable bonds is 7. The number of benzene rings is 9. The fraction of sp³-hybridized carbons (Fsp3) is 0.184. The highest BCUT2D eigenvalue weighted by molar-refractivity contribution is 6.06. The van der Waals surface area contributed by atoms with Crippen LogP contribution in [0.3, 0.4) is 0 Å². The molecule has 4 nitrogen and oxygen atoms in total. The summed E-state index contributed by atoms with van der Waals surface area (Å²) in [6.07, 6.45) is 32.5. The summed E-state index contributed by atoms with van der Waals surface area (Å²) in [4.78, 5) is 10.4. The Morgan fingerprint density at radius 1 is 0.500 bits per heavy atom. The maximum atomic E-state index is 2.85. The van der Waals surface area contributed by atoms with Crippen molar-refractivity contribution in [2.75, 3.05) is 19.6 Å². The third-order valence-electron chi connectivity index (χ3n) is 19.2. The van der Waals surface area contributed by atoms with Crippen LogP contribution < -0.4 is 19.6 Å². The van der Waals surface area contributed by atoms with E-state index in [2.05, 4.69) is 281 Å². The van der Waals surface area contributed by atoms with Gasteiger partial charge in [0.05, 0.1) is 58.3 Å². The summed E-state index contributed by atoms with van der Waals surface area (Å²) in [5, 5.41) is 4.97. The second-order valence-corrected chi connectivity index (χ2v) is 23.4. The highest BCUT2D eigenvalue weighted by atomic mass is 15.3. The quantitative estimate of drug-likeness (QED) is 0.116. The number of anilines is 8. The number of hydrogen-bond acceptors (Lipinski definition) is 4. The number of para-hydroxylation sites is 7. The van der Waals surface area contributed by atoms with Crippen LogP contribution in [0.25, 0.3) is 50.4 Å². The number of hydrogen-bond donors (Lipinski definition) is 0. The minimum Gasteiger partial charge on any atom is -0.358 e. The lowest BCUT2D eigenvalue weighted by Gasteiger charge is -2.56. The van der Waals surface area contributed by atoms with Gasteiger partial charge in [-0.15, -0.1) is 0 Å². The van der Waals surface area contributed by atoms with Gasteiger partial charge in [-0.05, 0) is 165 Å². The van der Waals surface area contributed by atoms with E-state index in [1.807, 2.05) is 0 Å². The Morgan fingerprint density at radius 2 is 1.16 bits per heavy atom. The molecule has 388 valence electrons. The lowest BCUT2D eigenvalue weighted by Crippen LogP contribution is -2.62. The summed E-state index contributed by atoms with van der Waals surface area (Å²) < 4.78 is 0. The van der Waals surface area contributed by atoms with Crippen molar-refractivity contribution in [2.45, 2.75) is 81.5 Å². The largest absolute Gasteiger partial charge is 0.358 e. The van der Waals surface area contributed by atoms with Crippen LogP contribution in [0.15, 0.2) is 248 Å². The molecule has 0 N–H and O–H groups in total. The Hall–Kier alpha value is -8.86. The smallest absolute Gasteiger partial charge is 0.0703 e. The predicted molar refractivity (Wildman–Crippen MR) is 338 cm³/mol. The van der Waals surface area contributed by atoms with E-state index in [1.54, 1.807) is 11.1 Å². The number of nitrogens with zero attached hydrogens (tertiary/aromatic N) is 4. The molecule has 1 fully saturated rings. The average Bonchev–Trinajstić information content (AvgIpc) is 4.20. The fourth-order valence-electron chi connectivity index (χ4n) is 15.8. The van der Waals surface area contributed by atoms with Crippen LogP contribution >= 0.6 is 0 Å². The van der Waals surface area contributed by atoms with E-state index in [0.29, 0.717) is 24.0 Å². The second-order valence-electron chi connectivity index (χ2n) is 23.4. The maximum Gasteiger partial charge on any atom is 0.0703 e. The molecule has 7 aliphatic rings. The molecule has 2 aliphatic heterocycles. The van der Waals surface area contributed by atoms with Crippen molar-refractivity contribution < 1.29 is 0 Å². The zero-order valence-electron chi connectivity index (χ0n) is 45.4. The van der Waals surface area contributed by atoms with Crippen molar-refractivity contribution in [3.63, 3.8) is 0 Å². The molecule has 5 atom stereocenters. The fourth-order valence-corrected chi connectivity index (χ4v) is 15.8. The molecule has 1 saturated carbocycles. The molecule has 5 unspecified atom stereocenters. The van der Waals surface area contributed by atoms with Crippen molar-refractivity contribution in [1.29, 1.82) is 0 Å². The third kappa shape index (κ3) is 7.34. The topological polar surface area (TPSA) is 13.0 Å². The molecule has 1 spiro atoms. The summed E-state index contributed by atoms with van der Waals surface area (Å²) in [6, 6.07) is 73.9. The summed E-state index contributed by atoms with van der Waals surface area (Å²) in [5.74, 6) is 0.376. The molecule has 0 amide bonds. The zero-order valence-corrected chi connectivity index (χ0v) is 45.4. The van der Waals surface area contributed by atoms with E-state index in [4.69, 9.17) is 0 Å². The Labute approximate surface area is 470 Å². The second kappa shape index (κ2) is 18.9.